The summed E-state index contributed by atoms with van der Waals surface area (Å²) >= 11 is 0. The first-order valence-electron chi connectivity index (χ1n) is 5.78. The van der Waals surface area contributed by atoms with Gasteiger partial charge in [-0.05, 0) is 35.4 Å². The van der Waals surface area contributed by atoms with Crippen LogP contribution in [0.2, 0.25) is 0 Å². The molecule has 0 aliphatic carbocycles. The zero-order valence-corrected chi connectivity index (χ0v) is 10.4. The minimum absolute atomic E-state index is 0.0334. The number of benzene rings is 2. The monoisotopic (exact) mass is 272 g/mol. The summed E-state index contributed by atoms with van der Waals surface area (Å²) in [5.74, 6) is -1.82. The van der Waals surface area contributed by atoms with Gasteiger partial charge in [0.05, 0.1) is 17.8 Å². The van der Waals surface area contributed by atoms with Gasteiger partial charge in [-0.3, -0.25) is 0 Å². The molecule has 0 saturated carbocycles. The van der Waals surface area contributed by atoms with Crippen molar-refractivity contribution in [3.8, 4) is 6.07 Å². The topological polar surface area (TPSA) is 45.4 Å². The van der Waals surface area contributed by atoms with E-state index in [1.807, 2.05) is 6.07 Å². The second-order valence-electron chi connectivity index (χ2n) is 3.99. The van der Waals surface area contributed by atoms with E-state index in [2.05, 4.69) is 5.16 Å². The highest BCUT2D eigenvalue weighted by atomic mass is 19.2. The van der Waals surface area contributed by atoms with Crippen LogP contribution in [-0.2, 0) is 11.4 Å². The summed E-state index contributed by atoms with van der Waals surface area (Å²) in [5.41, 5.74) is 1.72. The molecule has 3 nitrogen and oxygen atoms in total. The van der Waals surface area contributed by atoms with Crippen molar-refractivity contribution in [2.45, 2.75) is 6.61 Å². The zero-order valence-electron chi connectivity index (χ0n) is 10.4. The van der Waals surface area contributed by atoms with Crippen molar-refractivity contribution in [2.75, 3.05) is 0 Å². The van der Waals surface area contributed by atoms with Gasteiger partial charge in [0.15, 0.2) is 11.6 Å². The molecule has 2 aromatic rings. The number of halogens is 2. The van der Waals surface area contributed by atoms with Gasteiger partial charge >= 0.3 is 0 Å². The zero-order chi connectivity index (χ0) is 14.4. The van der Waals surface area contributed by atoms with Crippen molar-refractivity contribution in [3.63, 3.8) is 0 Å². The maximum Gasteiger partial charge on any atom is 0.159 e. The van der Waals surface area contributed by atoms with E-state index in [0.29, 0.717) is 16.7 Å². The summed E-state index contributed by atoms with van der Waals surface area (Å²) in [6, 6.07) is 12.4. The standard InChI is InChI=1S/C15H10F2N2O/c16-14-5-4-13(7-15(14)17)10-20-19-9-12-3-1-2-11(6-12)8-18/h1-7,9H,10H2. The fourth-order valence-electron chi connectivity index (χ4n) is 1.53. The van der Waals surface area contributed by atoms with Gasteiger partial charge in [0.1, 0.15) is 6.61 Å². The minimum Gasteiger partial charge on any atom is -0.391 e. The molecular weight excluding hydrogens is 262 g/mol. The van der Waals surface area contributed by atoms with Crippen LogP contribution in [0, 0.1) is 23.0 Å². The van der Waals surface area contributed by atoms with Gasteiger partial charge in [-0.1, -0.05) is 23.4 Å². The molecule has 0 saturated heterocycles. The Hall–Kier alpha value is -2.74. The van der Waals surface area contributed by atoms with E-state index in [0.717, 1.165) is 12.1 Å². The Morgan fingerprint density at radius 2 is 2.00 bits per heavy atom. The molecule has 0 aliphatic rings. The lowest BCUT2D eigenvalue weighted by Gasteiger charge is -2.00. The third-order valence-electron chi connectivity index (χ3n) is 2.51. The fraction of sp³-hybridized carbons (Fsp3) is 0.0667. The highest BCUT2D eigenvalue weighted by molar-refractivity contribution is 5.79. The van der Waals surface area contributed by atoms with E-state index in [1.165, 1.54) is 12.3 Å². The minimum atomic E-state index is -0.920. The van der Waals surface area contributed by atoms with Crippen LogP contribution in [0.1, 0.15) is 16.7 Å². The van der Waals surface area contributed by atoms with Gasteiger partial charge < -0.3 is 4.84 Å². The number of rotatable bonds is 4. The third kappa shape index (κ3) is 3.62. The van der Waals surface area contributed by atoms with Crippen LogP contribution in [0.15, 0.2) is 47.6 Å². The number of hydrogen-bond donors (Lipinski definition) is 0. The summed E-state index contributed by atoms with van der Waals surface area (Å²) in [4.78, 5) is 4.99. The summed E-state index contributed by atoms with van der Waals surface area (Å²) in [6.45, 7) is 0.0334. The van der Waals surface area contributed by atoms with E-state index in [-0.39, 0.29) is 6.61 Å². The van der Waals surface area contributed by atoms with E-state index in [9.17, 15) is 8.78 Å². The number of hydrogen-bond acceptors (Lipinski definition) is 3. The second kappa shape index (κ2) is 6.43. The molecular formula is C15H10F2N2O. The first-order chi connectivity index (χ1) is 9.69. The molecule has 0 atom stereocenters. The predicted octanol–water partition coefficient (Wildman–Crippen LogP) is 3.39. The number of nitriles is 1. The Labute approximate surface area is 114 Å². The van der Waals surface area contributed by atoms with Crippen molar-refractivity contribution in [2.24, 2.45) is 5.16 Å². The van der Waals surface area contributed by atoms with Gasteiger partial charge in [0.2, 0.25) is 0 Å². The molecule has 0 bridgehead atoms. The van der Waals surface area contributed by atoms with Crippen LogP contribution in [-0.4, -0.2) is 6.21 Å². The predicted molar refractivity (Wildman–Crippen MR) is 69.9 cm³/mol. The van der Waals surface area contributed by atoms with Crippen LogP contribution in [0.3, 0.4) is 0 Å². The highest BCUT2D eigenvalue weighted by Crippen LogP contribution is 2.09. The Morgan fingerprint density at radius 1 is 1.15 bits per heavy atom. The second-order valence-corrected chi connectivity index (χ2v) is 3.99. The molecule has 0 radical (unpaired) electrons. The van der Waals surface area contributed by atoms with Crippen LogP contribution in [0.5, 0.6) is 0 Å². The van der Waals surface area contributed by atoms with E-state index in [1.54, 1.807) is 24.3 Å². The summed E-state index contributed by atoms with van der Waals surface area (Å²) in [5, 5.41) is 12.5. The van der Waals surface area contributed by atoms with Gasteiger partial charge in [-0.15, -0.1) is 0 Å². The van der Waals surface area contributed by atoms with Crippen LogP contribution < -0.4 is 0 Å². The largest absolute Gasteiger partial charge is 0.391 e. The van der Waals surface area contributed by atoms with Crippen molar-refractivity contribution in [3.05, 3.63) is 70.8 Å². The highest BCUT2D eigenvalue weighted by Gasteiger charge is 2.02. The lowest BCUT2D eigenvalue weighted by atomic mass is 10.1. The lowest BCUT2D eigenvalue weighted by Crippen LogP contribution is -1.92. The van der Waals surface area contributed by atoms with E-state index >= 15 is 0 Å². The quantitative estimate of drug-likeness (QED) is 0.632. The maximum atomic E-state index is 12.9. The number of oxime groups is 1. The summed E-state index contributed by atoms with van der Waals surface area (Å²) in [6.07, 6.45) is 1.45. The lowest BCUT2D eigenvalue weighted by molar-refractivity contribution is 0.132. The molecule has 0 aliphatic heterocycles. The van der Waals surface area contributed by atoms with Crippen molar-refractivity contribution in [1.82, 2.24) is 0 Å². The van der Waals surface area contributed by atoms with Crippen molar-refractivity contribution >= 4 is 6.21 Å². The average Bonchev–Trinajstić information content (AvgIpc) is 2.47. The average molecular weight is 272 g/mol. The molecule has 5 heteroatoms. The normalized spacial score (nSPS) is 10.4. The molecule has 0 amide bonds. The SMILES string of the molecule is N#Cc1cccc(C=NOCc2ccc(F)c(F)c2)c1. The molecule has 0 unspecified atom stereocenters. The van der Waals surface area contributed by atoms with E-state index in [4.69, 9.17) is 10.1 Å². The molecule has 0 aromatic heterocycles. The van der Waals surface area contributed by atoms with Crippen LogP contribution >= 0.6 is 0 Å². The maximum absolute atomic E-state index is 12.9. The van der Waals surface area contributed by atoms with Gasteiger partial charge in [0, 0.05) is 0 Å². The first kappa shape index (κ1) is 13.7. The van der Waals surface area contributed by atoms with Crippen molar-refractivity contribution in [1.29, 1.82) is 5.26 Å². The van der Waals surface area contributed by atoms with E-state index < -0.39 is 11.6 Å². The molecule has 20 heavy (non-hydrogen) atoms. The fourth-order valence-corrected chi connectivity index (χ4v) is 1.53. The summed E-state index contributed by atoms with van der Waals surface area (Å²) in [7, 11) is 0. The summed E-state index contributed by atoms with van der Waals surface area (Å²) < 4.78 is 25.6. The van der Waals surface area contributed by atoms with Gasteiger partial charge in [-0.25, -0.2) is 8.78 Å². The van der Waals surface area contributed by atoms with Crippen LogP contribution in [0.25, 0.3) is 0 Å². The molecule has 2 aromatic carbocycles. The third-order valence-corrected chi connectivity index (χ3v) is 2.51. The molecule has 2 rings (SSSR count). The first-order valence-corrected chi connectivity index (χ1v) is 5.78. The molecule has 0 fully saturated rings. The Balaban J connectivity index is 1.93. The molecule has 100 valence electrons. The van der Waals surface area contributed by atoms with Gasteiger partial charge in [0.25, 0.3) is 0 Å². The molecule has 0 N–H and O–H groups in total. The van der Waals surface area contributed by atoms with Gasteiger partial charge in [-0.2, -0.15) is 5.26 Å². The smallest absolute Gasteiger partial charge is 0.159 e. The Morgan fingerprint density at radius 3 is 2.75 bits per heavy atom. The van der Waals surface area contributed by atoms with Crippen LogP contribution in [0.4, 0.5) is 8.78 Å². The Bertz CT molecular complexity index is 678. The molecule has 0 spiro atoms. The van der Waals surface area contributed by atoms with Crippen molar-refractivity contribution < 1.29 is 13.6 Å². The molecule has 0 heterocycles. The Kier molecular flexibility index (Phi) is 4.40. The number of nitrogens with zero attached hydrogens (tertiary/aromatic N) is 2.